The normalized spacial score (nSPS) is 17.8. The topological polar surface area (TPSA) is 65.7 Å². The fourth-order valence-corrected chi connectivity index (χ4v) is 3.21. The second-order valence-electron chi connectivity index (χ2n) is 5.97. The number of carbonyl (C=O) groups excluding carboxylic acids is 1. The Labute approximate surface area is 129 Å². The van der Waals surface area contributed by atoms with Crippen LogP contribution in [0.15, 0.2) is 36.5 Å². The molecule has 22 heavy (non-hydrogen) atoms. The predicted molar refractivity (Wildman–Crippen MR) is 84.3 cm³/mol. The average molecular weight is 302 g/mol. The molecule has 1 aromatic heterocycles. The van der Waals surface area contributed by atoms with Crippen molar-refractivity contribution in [3.63, 3.8) is 0 Å². The molecule has 5 nitrogen and oxygen atoms in total. The molecule has 5 heteroatoms. The maximum Gasteiger partial charge on any atom is 0.242 e. The van der Waals surface area contributed by atoms with Gasteiger partial charge in [0.05, 0.1) is 12.7 Å². The minimum atomic E-state index is -0.661. The van der Waals surface area contributed by atoms with E-state index in [9.17, 15) is 9.90 Å². The molecule has 118 valence electrons. The maximum absolute atomic E-state index is 12.4. The Kier molecular flexibility index (Phi) is 4.45. The number of likely N-dealkylation sites (tertiary alicyclic amines) is 1. The van der Waals surface area contributed by atoms with Crippen LogP contribution in [0.5, 0.6) is 0 Å². The van der Waals surface area contributed by atoms with Crippen molar-refractivity contribution in [3.05, 3.63) is 36.5 Å². The van der Waals surface area contributed by atoms with Crippen LogP contribution in [0, 0.1) is 5.92 Å². The van der Waals surface area contributed by atoms with Gasteiger partial charge in [-0.05, 0) is 36.3 Å². The van der Waals surface area contributed by atoms with Gasteiger partial charge in [-0.15, -0.1) is 0 Å². The van der Waals surface area contributed by atoms with E-state index in [1.54, 1.807) is 0 Å². The number of piperidine rings is 1. The van der Waals surface area contributed by atoms with Gasteiger partial charge in [0.15, 0.2) is 0 Å². The van der Waals surface area contributed by atoms with Gasteiger partial charge in [0, 0.05) is 24.8 Å². The van der Waals surface area contributed by atoms with Crippen molar-refractivity contribution >= 4 is 16.8 Å². The summed E-state index contributed by atoms with van der Waals surface area (Å²) in [4.78, 5) is 14.3. The van der Waals surface area contributed by atoms with Gasteiger partial charge in [-0.25, -0.2) is 0 Å². The summed E-state index contributed by atoms with van der Waals surface area (Å²) in [5.41, 5.74) is 1.07. The van der Waals surface area contributed by atoms with Crippen molar-refractivity contribution < 1.29 is 15.0 Å². The molecule has 2 heterocycles. The number of hydrogen-bond donors (Lipinski definition) is 2. The summed E-state index contributed by atoms with van der Waals surface area (Å²) in [5, 5.41) is 19.8. The van der Waals surface area contributed by atoms with Gasteiger partial charge in [0.2, 0.25) is 5.91 Å². The number of aliphatic hydroxyl groups excluding tert-OH is 2. The molecule has 1 fully saturated rings. The number of para-hydroxylation sites is 1. The molecule has 1 amide bonds. The first kappa shape index (κ1) is 15.1. The van der Waals surface area contributed by atoms with Crippen LogP contribution in [0.3, 0.4) is 0 Å². The second-order valence-corrected chi connectivity index (χ2v) is 5.97. The highest BCUT2D eigenvalue weighted by molar-refractivity contribution is 5.83. The second kappa shape index (κ2) is 6.50. The summed E-state index contributed by atoms with van der Waals surface area (Å²) in [6.07, 6.45) is 2.79. The Bertz CT molecular complexity index is 644. The molecule has 2 aromatic rings. The lowest BCUT2D eigenvalue weighted by Gasteiger charge is -2.33. The minimum absolute atomic E-state index is 0.0986. The van der Waals surface area contributed by atoms with Gasteiger partial charge in [-0.1, -0.05) is 18.2 Å². The highest BCUT2D eigenvalue weighted by atomic mass is 16.3. The van der Waals surface area contributed by atoms with Crippen molar-refractivity contribution in [3.8, 4) is 0 Å². The van der Waals surface area contributed by atoms with Crippen molar-refractivity contribution in [2.75, 3.05) is 19.7 Å². The Morgan fingerprint density at radius 1 is 1.23 bits per heavy atom. The van der Waals surface area contributed by atoms with Gasteiger partial charge in [-0.3, -0.25) is 4.79 Å². The summed E-state index contributed by atoms with van der Waals surface area (Å²) >= 11 is 0. The molecule has 1 atom stereocenters. The van der Waals surface area contributed by atoms with Crippen molar-refractivity contribution in [1.82, 2.24) is 9.47 Å². The van der Waals surface area contributed by atoms with Crippen LogP contribution in [0.1, 0.15) is 12.8 Å². The zero-order valence-corrected chi connectivity index (χ0v) is 12.6. The standard InChI is InChI=1S/C17H22N2O3/c20-12-16(21)14-6-8-18(9-7-14)17(22)11-19-10-5-13-3-1-2-4-15(13)19/h1-5,10,14,16,20-21H,6-9,11-12H2. The molecule has 0 saturated carbocycles. The Morgan fingerprint density at radius 3 is 2.68 bits per heavy atom. The molecule has 1 saturated heterocycles. The fourth-order valence-electron chi connectivity index (χ4n) is 3.21. The highest BCUT2D eigenvalue weighted by Gasteiger charge is 2.27. The maximum atomic E-state index is 12.4. The van der Waals surface area contributed by atoms with E-state index in [0.717, 1.165) is 23.7 Å². The lowest BCUT2D eigenvalue weighted by atomic mass is 9.91. The van der Waals surface area contributed by atoms with Crippen LogP contribution in [0.25, 0.3) is 10.9 Å². The third-order valence-corrected chi connectivity index (χ3v) is 4.61. The third-order valence-electron chi connectivity index (χ3n) is 4.61. The first-order valence-corrected chi connectivity index (χ1v) is 7.79. The van der Waals surface area contributed by atoms with Crippen LogP contribution in [0.4, 0.5) is 0 Å². The Balaban J connectivity index is 1.61. The molecular formula is C17H22N2O3. The number of carbonyl (C=O) groups is 1. The Morgan fingerprint density at radius 2 is 1.95 bits per heavy atom. The molecule has 0 radical (unpaired) electrons. The van der Waals surface area contributed by atoms with Crippen LogP contribution in [0.2, 0.25) is 0 Å². The van der Waals surface area contributed by atoms with E-state index in [0.29, 0.717) is 19.6 Å². The third kappa shape index (κ3) is 3.00. The first-order chi connectivity index (χ1) is 10.7. The molecule has 1 aliphatic heterocycles. The molecule has 0 spiro atoms. The van der Waals surface area contributed by atoms with E-state index in [4.69, 9.17) is 5.11 Å². The van der Waals surface area contributed by atoms with Gasteiger partial charge >= 0.3 is 0 Å². The first-order valence-electron chi connectivity index (χ1n) is 7.79. The van der Waals surface area contributed by atoms with E-state index >= 15 is 0 Å². The van der Waals surface area contributed by atoms with Gasteiger partial charge in [0.25, 0.3) is 0 Å². The van der Waals surface area contributed by atoms with Gasteiger partial charge in [-0.2, -0.15) is 0 Å². The largest absolute Gasteiger partial charge is 0.394 e. The monoisotopic (exact) mass is 302 g/mol. The number of hydrogen-bond acceptors (Lipinski definition) is 3. The van der Waals surface area contributed by atoms with E-state index in [1.165, 1.54) is 0 Å². The molecule has 3 rings (SSSR count). The van der Waals surface area contributed by atoms with Crippen LogP contribution < -0.4 is 0 Å². The zero-order valence-electron chi connectivity index (χ0n) is 12.6. The average Bonchev–Trinajstić information content (AvgIpc) is 2.97. The van der Waals surface area contributed by atoms with Crippen molar-refractivity contribution in [1.29, 1.82) is 0 Å². The smallest absolute Gasteiger partial charge is 0.242 e. The summed E-state index contributed by atoms with van der Waals surface area (Å²) in [6, 6.07) is 10.0. The summed E-state index contributed by atoms with van der Waals surface area (Å²) < 4.78 is 1.98. The van der Waals surface area contributed by atoms with Crippen LogP contribution in [-0.2, 0) is 11.3 Å². The summed E-state index contributed by atoms with van der Waals surface area (Å²) in [6.45, 7) is 1.45. The number of fused-ring (bicyclic) bond motifs is 1. The fraction of sp³-hybridized carbons (Fsp3) is 0.471. The molecule has 1 aliphatic rings. The predicted octanol–water partition coefficient (Wildman–Crippen LogP) is 1.23. The number of benzene rings is 1. The van der Waals surface area contributed by atoms with E-state index < -0.39 is 6.10 Å². The zero-order chi connectivity index (χ0) is 15.5. The van der Waals surface area contributed by atoms with Crippen LogP contribution >= 0.6 is 0 Å². The quantitative estimate of drug-likeness (QED) is 0.893. The number of nitrogens with zero attached hydrogens (tertiary/aromatic N) is 2. The molecule has 1 aromatic carbocycles. The van der Waals surface area contributed by atoms with E-state index in [-0.39, 0.29) is 18.4 Å². The molecule has 2 N–H and O–H groups in total. The highest BCUT2D eigenvalue weighted by Crippen LogP contribution is 2.21. The molecular weight excluding hydrogens is 280 g/mol. The SMILES string of the molecule is O=C(Cn1ccc2ccccc21)N1CCC(C(O)CO)CC1. The number of aromatic nitrogens is 1. The van der Waals surface area contributed by atoms with Gasteiger partial charge < -0.3 is 19.7 Å². The van der Waals surface area contributed by atoms with Crippen molar-refractivity contribution in [2.45, 2.75) is 25.5 Å². The van der Waals surface area contributed by atoms with Crippen molar-refractivity contribution in [2.24, 2.45) is 5.92 Å². The molecule has 1 unspecified atom stereocenters. The minimum Gasteiger partial charge on any atom is -0.394 e. The van der Waals surface area contributed by atoms with Gasteiger partial charge in [0.1, 0.15) is 6.54 Å². The lowest BCUT2D eigenvalue weighted by Crippen LogP contribution is -2.43. The number of amides is 1. The number of aliphatic hydroxyl groups is 2. The Hall–Kier alpha value is -1.85. The summed E-state index contributed by atoms with van der Waals surface area (Å²) in [5.74, 6) is 0.208. The van der Waals surface area contributed by atoms with Crippen LogP contribution in [-0.4, -0.2) is 51.4 Å². The summed E-state index contributed by atoms with van der Waals surface area (Å²) in [7, 11) is 0. The molecule has 0 aliphatic carbocycles. The van der Waals surface area contributed by atoms with E-state index in [2.05, 4.69) is 0 Å². The lowest BCUT2D eigenvalue weighted by molar-refractivity contribution is -0.133. The van der Waals surface area contributed by atoms with E-state index in [1.807, 2.05) is 46.0 Å². The molecule has 0 bridgehead atoms. The number of rotatable bonds is 4.